The van der Waals surface area contributed by atoms with E-state index in [0.717, 1.165) is 29.1 Å². The Morgan fingerprint density at radius 3 is 2.78 bits per heavy atom. The summed E-state index contributed by atoms with van der Waals surface area (Å²) in [5.41, 5.74) is 2.84. The number of carbonyl (C=O) groups excluding carboxylic acids is 2. The van der Waals surface area contributed by atoms with E-state index in [1.165, 1.54) is 6.92 Å². The van der Waals surface area contributed by atoms with E-state index in [9.17, 15) is 9.59 Å². The molecule has 0 aliphatic carbocycles. The fraction of sp³-hybridized carbons (Fsp3) is 0.294. The second-order valence-electron chi connectivity index (χ2n) is 5.37. The summed E-state index contributed by atoms with van der Waals surface area (Å²) < 4.78 is 0. The van der Waals surface area contributed by atoms with Crippen molar-refractivity contribution in [1.82, 2.24) is 10.3 Å². The number of hydrogen-bond donors (Lipinski definition) is 3. The SMILES string of the molecule is CC(=O)Nc1c[nH]c(C)c1C(=O)NCCCc1cccc(Cl)c1. The maximum atomic E-state index is 12.3. The molecule has 1 heterocycles. The zero-order chi connectivity index (χ0) is 16.8. The van der Waals surface area contributed by atoms with Gasteiger partial charge in [0, 0.05) is 30.4 Å². The highest BCUT2D eigenvalue weighted by atomic mass is 35.5. The molecular formula is C17H20ClN3O2. The van der Waals surface area contributed by atoms with Crippen molar-refractivity contribution in [2.24, 2.45) is 0 Å². The van der Waals surface area contributed by atoms with Crippen LogP contribution in [0.15, 0.2) is 30.5 Å². The summed E-state index contributed by atoms with van der Waals surface area (Å²) in [6.45, 7) is 3.76. The van der Waals surface area contributed by atoms with Gasteiger partial charge in [0.15, 0.2) is 0 Å². The molecule has 0 saturated heterocycles. The Morgan fingerprint density at radius 2 is 2.09 bits per heavy atom. The maximum absolute atomic E-state index is 12.3. The van der Waals surface area contributed by atoms with E-state index in [1.807, 2.05) is 24.3 Å². The molecule has 2 rings (SSSR count). The molecule has 3 N–H and O–H groups in total. The quantitative estimate of drug-likeness (QED) is 0.710. The molecule has 1 aromatic carbocycles. The monoisotopic (exact) mass is 333 g/mol. The standard InChI is InChI=1S/C17H20ClN3O2/c1-11-16(15(10-20-11)21-12(2)22)17(23)19-8-4-6-13-5-3-7-14(18)9-13/h3,5,7,9-10,20H,4,6,8H2,1-2H3,(H,19,23)(H,21,22). The number of nitrogens with one attached hydrogen (secondary N) is 3. The predicted molar refractivity (Wildman–Crippen MR) is 91.9 cm³/mol. The van der Waals surface area contributed by atoms with Crippen LogP contribution in [0.1, 0.15) is 35.0 Å². The summed E-state index contributed by atoms with van der Waals surface area (Å²) in [5.74, 6) is -0.405. The van der Waals surface area contributed by atoms with Crippen molar-refractivity contribution in [3.05, 3.63) is 52.3 Å². The average Bonchev–Trinajstić information content (AvgIpc) is 2.83. The molecule has 6 heteroatoms. The zero-order valence-electron chi connectivity index (χ0n) is 13.2. The molecule has 0 bridgehead atoms. The number of aromatic amines is 1. The summed E-state index contributed by atoms with van der Waals surface area (Å²) in [4.78, 5) is 26.4. The fourth-order valence-electron chi connectivity index (χ4n) is 2.38. The third-order valence-corrected chi connectivity index (χ3v) is 3.67. The summed E-state index contributed by atoms with van der Waals surface area (Å²) >= 11 is 5.94. The van der Waals surface area contributed by atoms with Crippen molar-refractivity contribution in [1.29, 1.82) is 0 Å². The normalized spacial score (nSPS) is 10.4. The fourth-order valence-corrected chi connectivity index (χ4v) is 2.60. The minimum atomic E-state index is -0.209. The lowest BCUT2D eigenvalue weighted by atomic mass is 10.1. The molecule has 0 aliphatic rings. The molecule has 0 atom stereocenters. The van der Waals surface area contributed by atoms with Crippen LogP contribution in [0.5, 0.6) is 0 Å². The number of aryl methyl sites for hydroxylation is 2. The van der Waals surface area contributed by atoms with Crippen LogP contribution in [0.2, 0.25) is 5.02 Å². The van der Waals surface area contributed by atoms with Crippen molar-refractivity contribution >= 4 is 29.1 Å². The molecule has 23 heavy (non-hydrogen) atoms. The van der Waals surface area contributed by atoms with E-state index in [1.54, 1.807) is 13.1 Å². The molecule has 2 amide bonds. The second-order valence-corrected chi connectivity index (χ2v) is 5.81. The van der Waals surface area contributed by atoms with Crippen LogP contribution in [0.3, 0.4) is 0 Å². The van der Waals surface area contributed by atoms with E-state index in [2.05, 4.69) is 15.6 Å². The van der Waals surface area contributed by atoms with Crippen LogP contribution in [-0.4, -0.2) is 23.3 Å². The summed E-state index contributed by atoms with van der Waals surface area (Å²) in [7, 11) is 0. The number of rotatable bonds is 6. The highest BCUT2D eigenvalue weighted by Gasteiger charge is 2.16. The predicted octanol–water partition coefficient (Wildman–Crippen LogP) is 3.30. The Kier molecular flexibility index (Phi) is 5.82. The molecule has 5 nitrogen and oxygen atoms in total. The first kappa shape index (κ1) is 17.1. The number of H-pyrrole nitrogens is 1. The molecule has 0 radical (unpaired) electrons. The zero-order valence-corrected chi connectivity index (χ0v) is 14.0. The van der Waals surface area contributed by atoms with Crippen LogP contribution in [-0.2, 0) is 11.2 Å². The van der Waals surface area contributed by atoms with E-state index < -0.39 is 0 Å². The minimum absolute atomic E-state index is 0.196. The average molecular weight is 334 g/mol. The number of carbonyl (C=O) groups is 2. The first-order valence-corrected chi connectivity index (χ1v) is 7.83. The lowest BCUT2D eigenvalue weighted by Crippen LogP contribution is -2.26. The van der Waals surface area contributed by atoms with Crippen molar-refractivity contribution < 1.29 is 9.59 Å². The van der Waals surface area contributed by atoms with E-state index in [0.29, 0.717) is 17.8 Å². The van der Waals surface area contributed by atoms with Gasteiger partial charge in [0.05, 0.1) is 11.3 Å². The van der Waals surface area contributed by atoms with Gasteiger partial charge in [-0.3, -0.25) is 9.59 Å². The Hall–Kier alpha value is -2.27. The molecule has 0 aliphatic heterocycles. The van der Waals surface area contributed by atoms with Gasteiger partial charge in [-0.05, 0) is 37.5 Å². The van der Waals surface area contributed by atoms with Gasteiger partial charge in [-0.25, -0.2) is 0 Å². The van der Waals surface area contributed by atoms with Crippen molar-refractivity contribution in [2.75, 3.05) is 11.9 Å². The lowest BCUT2D eigenvalue weighted by Gasteiger charge is -2.08. The Bertz CT molecular complexity index is 710. The molecule has 122 valence electrons. The maximum Gasteiger partial charge on any atom is 0.255 e. The van der Waals surface area contributed by atoms with Crippen LogP contribution in [0, 0.1) is 6.92 Å². The lowest BCUT2D eigenvalue weighted by molar-refractivity contribution is -0.114. The molecule has 0 unspecified atom stereocenters. The van der Waals surface area contributed by atoms with Gasteiger partial charge in [0.25, 0.3) is 5.91 Å². The van der Waals surface area contributed by atoms with Gasteiger partial charge in [-0.15, -0.1) is 0 Å². The van der Waals surface area contributed by atoms with Crippen LogP contribution >= 0.6 is 11.6 Å². The molecule has 0 fully saturated rings. The summed E-state index contributed by atoms with van der Waals surface area (Å²) in [6.07, 6.45) is 3.27. The summed E-state index contributed by atoms with van der Waals surface area (Å²) in [5, 5.41) is 6.25. The number of anilines is 1. The Balaban J connectivity index is 1.88. The number of benzene rings is 1. The largest absolute Gasteiger partial charge is 0.363 e. The van der Waals surface area contributed by atoms with Gasteiger partial charge in [0.1, 0.15) is 0 Å². The smallest absolute Gasteiger partial charge is 0.255 e. The molecular weight excluding hydrogens is 314 g/mol. The van der Waals surface area contributed by atoms with E-state index in [-0.39, 0.29) is 11.8 Å². The topological polar surface area (TPSA) is 74.0 Å². The molecule has 0 spiro atoms. The first-order valence-electron chi connectivity index (χ1n) is 7.45. The van der Waals surface area contributed by atoms with E-state index in [4.69, 9.17) is 11.6 Å². The van der Waals surface area contributed by atoms with Crippen molar-refractivity contribution in [3.63, 3.8) is 0 Å². The molecule has 2 aromatic rings. The highest BCUT2D eigenvalue weighted by Crippen LogP contribution is 2.19. The highest BCUT2D eigenvalue weighted by molar-refractivity contribution is 6.30. The minimum Gasteiger partial charge on any atom is -0.363 e. The number of hydrogen-bond acceptors (Lipinski definition) is 2. The van der Waals surface area contributed by atoms with Gasteiger partial charge in [-0.1, -0.05) is 23.7 Å². The second kappa shape index (κ2) is 7.83. The molecule has 0 saturated carbocycles. The first-order chi connectivity index (χ1) is 11.0. The van der Waals surface area contributed by atoms with Gasteiger partial charge >= 0.3 is 0 Å². The van der Waals surface area contributed by atoms with Gasteiger partial charge in [-0.2, -0.15) is 0 Å². The number of halogens is 1. The third kappa shape index (κ3) is 4.86. The summed E-state index contributed by atoms with van der Waals surface area (Å²) in [6, 6.07) is 7.69. The van der Waals surface area contributed by atoms with Crippen molar-refractivity contribution in [2.45, 2.75) is 26.7 Å². The Morgan fingerprint density at radius 1 is 1.30 bits per heavy atom. The van der Waals surface area contributed by atoms with Crippen molar-refractivity contribution in [3.8, 4) is 0 Å². The van der Waals surface area contributed by atoms with Crippen LogP contribution in [0.4, 0.5) is 5.69 Å². The number of amides is 2. The van der Waals surface area contributed by atoms with Crippen LogP contribution < -0.4 is 10.6 Å². The van der Waals surface area contributed by atoms with Gasteiger partial charge < -0.3 is 15.6 Å². The van der Waals surface area contributed by atoms with Gasteiger partial charge in [0.2, 0.25) is 5.91 Å². The molecule has 1 aromatic heterocycles. The number of aromatic nitrogens is 1. The Labute approximate surface area is 140 Å². The third-order valence-electron chi connectivity index (χ3n) is 3.43. The van der Waals surface area contributed by atoms with E-state index >= 15 is 0 Å². The van der Waals surface area contributed by atoms with Crippen LogP contribution in [0.25, 0.3) is 0 Å².